The molecule has 6 nitrogen and oxygen atoms in total. The van der Waals surface area contributed by atoms with Crippen molar-refractivity contribution in [2.45, 2.75) is 0 Å². The minimum atomic E-state index is 0.577. The average molecular weight is 554 g/mol. The highest BCUT2D eigenvalue weighted by molar-refractivity contribution is 6.07. The van der Waals surface area contributed by atoms with Crippen LogP contribution in [0.1, 0.15) is 0 Å². The first kappa shape index (κ1) is 24.8. The monoisotopic (exact) mass is 553 g/mol. The van der Waals surface area contributed by atoms with E-state index in [1.165, 1.54) is 0 Å². The van der Waals surface area contributed by atoms with Crippen LogP contribution >= 0.6 is 0 Å². The first-order valence-corrected chi connectivity index (χ1v) is 14.0. The summed E-state index contributed by atoms with van der Waals surface area (Å²) in [7, 11) is 0. The molecule has 0 N–H and O–H groups in total. The van der Waals surface area contributed by atoms with Crippen molar-refractivity contribution in [3.05, 3.63) is 140 Å². The smallest absolute Gasteiger partial charge is 0.180 e. The maximum absolute atomic E-state index is 6.28. The number of para-hydroxylation sites is 1. The molecule has 0 saturated carbocycles. The summed E-state index contributed by atoms with van der Waals surface area (Å²) >= 11 is 0. The van der Waals surface area contributed by atoms with Gasteiger partial charge in [0.05, 0.1) is 0 Å². The lowest BCUT2D eigenvalue weighted by molar-refractivity contribution is 0.667. The third-order valence-corrected chi connectivity index (χ3v) is 7.35. The van der Waals surface area contributed by atoms with Gasteiger partial charge in [0, 0.05) is 33.2 Å². The van der Waals surface area contributed by atoms with E-state index in [1.807, 2.05) is 140 Å². The Kier molecular flexibility index (Phi) is 6.01. The van der Waals surface area contributed by atoms with Crippen LogP contribution in [-0.4, -0.2) is 24.9 Å². The van der Waals surface area contributed by atoms with Gasteiger partial charge in [0.25, 0.3) is 0 Å². The fourth-order valence-corrected chi connectivity index (χ4v) is 5.25. The summed E-state index contributed by atoms with van der Waals surface area (Å²) in [5.74, 6) is 2.40. The van der Waals surface area contributed by atoms with Crippen molar-refractivity contribution in [3.63, 3.8) is 0 Å². The van der Waals surface area contributed by atoms with Crippen LogP contribution in [0.5, 0.6) is 0 Å². The van der Waals surface area contributed by atoms with E-state index in [2.05, 4.69) is 0 Å². The van der Waals surface area contributed by atoms with Crippen LogP contribution in [-0.2, 0) is 0 Å². The number of furan rings is 1. The summed E-state index contributed by atoms with van der Waals surface area (Å²) in [6, 6.07) is 46.0. The van der Waals surface area contributed by atoms with Crippen molar-refractivity contribution in [1.29, 1.82) is 0 Å². The van der Waals surface area contributed by atoms with Gasteiger partial charge in [-0.05, 0) is 18.2 Å². The number of fused-ring (bicyclic) bond motifs is 3. The SMILES string of the molecule is c1ccc(-c2nc(-c3ccccc3)nc(-c3cccc(-c4nc(-c5ccccc5)c5oc6ccccc6c5n4)c3)n2)cc1. The predicted octanol–water partition coefficient (Wildman–Crippen LogP) is 8.90. The molecule has 202 valence electrons. The van der Waals surface area contributed by atoms with Gasteiger partial charge in [-0.15, -0.1) is 0 Å². The summed E-state index contributed by atoms with van der Waals surface area (Å²) in [4.78, 5) is 24.7. The molecule has 3 aromatic heterocycles. The zero-order valence-electron chi connectivity index (χ0n) is 22.9. The normalized spacial score (nSPS) is 11.3. The van der Waals surface area contributed by atoms with E-state index in [-0.39, 0.29) is 0 Å². The molecule has 3 heterocycles. The van der Waals surface area contributed by atoms with Gasteiger partial charge in [0.2, 0.25) is 0 Å². The van der Waals surface area contributed by atoms with Gasteiger partial charge in [0.15, 0.2) is 28.9 Å². The average Bonchev–Trinajstić information content (AvgIpc) is 3.48. The van der Waals surface area contributed by atoms with Gasteiger partial charge in [-0.2, -0.15) is 0 Å². The number of aromatic nitrogens is 5. The minimum Gasteiger partial charge on any atom is -0.452 e. The molecule has 0 bridgehead atoms. The van der Waals surface area contributed by atoms with Crippen LogP contribution in [0, 0.1) is 0 Å². The van der Waals surface area contributed by atoms with Crippen molar-refractivity contribution in [2.75, 3.05) is 0 Å². The van der Waals surface area contributed by atoms with Crippen LogP contribution in [0.3, 0.4) is 0 Å². The Morgan fingerprint density at radius 2 is 0.837 bits per heavy atom. The number of hydrogen-bond acceptors (Lipinski definition) is 6. The summed E-state index contributed by atoms with van der Waals surface area (Å²) in [5.41, 5.74) is 7.49. The number of rotatable bonds is 5. The molecule has 0 unspecified atom stereocenters. The van der Waals surface area contributed by atoms with Gasteiger partial charge >= 0.3 is 0 Å². The van der Waals surface area contributed by atoms with Crippen molar-refractivity contribution >= 4 is 22.1 Å². The first-order valence-electron chi connectivity index (χ1n) is 14.0. The molecule has 0 radical (unpaired) electrons. The fraction of sp³-hybridized carbons (Fsp3) is 0. The van der Waals surface area contributed by atoms with Crippen LogP contribution in [0.2, 0.25) is 0 Å². The molecule has 43 heavy (non-hydrogen) atoms. The molecule has 0 spiro atoms. The maximum atomic E-state index is 6.28. The van der Waals surface area contributed by atoms with E-state index in [0.29, 0.717) is 28.9 Å². The highest BCUT2D eigenvalue weighted by atomic mass is 16.3. The standard InChI is InChI=1S/C37H23N5O/c1-4-13-24(14-5-1)31-33-32(29-21-10-11-22-30(29)43-33)39-36(38-31)27-19-12-20-28(23-27)37-41-34(25-15-6-2-7-16-25)40-35(42-37)26-17-8-3-9-18-26/h1-23H. The molecule has 5 aromatic carbocycles. The summed E-state index contributed by atoms with van der Waals surface area (Å²) in [6.07, 6.45) is 0. The van der Waals surface area contributed by atoms with E-state index in [4.69, 9.17) is 29.3 Å². The van der Waals surface area contributed by atoms with Crippen LogP contribution in [0.15, 0.2) is 144 Å². The molecule has 0 fully saturated rings. The lowest BCUT2D eigenvalue weighted by Gasteiger charge is -2.10. The zero-order chi connectivity index (χ0) is 28.6. The molecule has 0 atom stereocenters. The topological polar surface area (TPSA) is 77.6 Å². The van der Waals surface area contributed by atoms with Gasteiger partial charge in [-0.1, -0.05) is 121 Å². The summed E-state index contributed by atoms with van der Waals surface area (Å²) in [6.45, 7) is 0. The Labute approximate surface area is 247 Å². The Morgan fingerprint density at radius 1 is 0.372 bits per heavy atom. The van der Waals surface area contributed by atoms with Crippen molar-refractivity contribution in [1.82, 2.24) is 24.9 Å². The lowest BCUT2D eigenvalue weighted by Crippen LogP contribution is -2.00. The lowest BCUT2D eigenvalue weighted by atomic mass is 10.1. The Hall–Kier alpha value is -6.01. The number of nitrogens with zero attached hydrogens (tertiary/aromatic N) is 5. The van der Waals surface area contributed by atoms with E-state index in [9.17, 15) is 0 Å². The molecule has 0 aliphatic heterocycles. The van der Waals surface area contributed by atoms with Gasteiger partial charge < -0.3 is 4.42 Å². The first-order chi connectivity index (χ1) is 21.3. The molecular formula is C37H23N5O. The predicted molar refractivity (Wildman–Crippen MR) is 170 cm³/mol. The van der Waals surface area contributed by atoms with E-state index in [0.717, 1.165) is 50.0 Å². The second-order valence-electron chi connectivity index (χ2n) is 10.2. The fourth-order valence-electron chi connectivity index (χ4n) is 5.25. The highest BCUT2D eigenvalue weighted by Crippen LogP contribution is 2.36. The van der Waals surface area contributed by atoms with Crippen molar-refractivity contribution < 1.29 is 4.42 Å². The second-order valence-corrected chi connectivity index (χ2v) is 10.2. The molecule has 8 rings (SSSR count). The van der Waals surface area contributed by atoms with Crippen LogP contribution in [0.25, 0.3) is 78.9 Å². The second kappa shape index (κ2) is 10.4. The van der Waals surface area contributed by atoms with Crippen molar-refractivity contribution in [3.8, 4) is 56.8 Å². The highest BCUT2D eigenvalue weighted by Gasteiger charge is 2.19. The van der Waals surface area contributed by atoms with E-state index < -0.39 is 0 Å². The molecule has 6 heteroatoms. The molecule has 8 aromatic rings. The zero-order valence-corrected chi connectivity index (χ0v) is 22.9. The van der Waals surface area contributed by atoms with Gasteiger partial charge in [-0.25, -0.2) is 24.9 Å². The molecular weight excluding hydrogens is 530 g/mol. The Morgan fingerprint density at radius 3 is 1.44 bits per heavy atom. The van der Waals surface area contributed by atoms with Crippen LogP contribution < -0.4 is 0 Å². The summed E-state index contributed by atoms with van der Waals surface area (Å²) in [5, 5.41) is 0.951. The maximum Gasteiger partial charge on any atom is 0.180 e. The molecule has 0 saturated heterocycles. The number of benzene rings is 5. The third-order valence-electron chi connectivity index (χ3n) is 7.35. The van der Waals surface area contributed by atoms with E-state index >= 15 is 0 Å². The molecule has 0 aliphatic carbocycles. The van der Waals surface area contributed by atoms with Crippen molar-refractivity contribution in [2.24, 2.45) is 0 Å². The van der Waals surface area contributed by atoms with Crippen LogP contribution in [0.4, 0.5) is 0 Å². The number of hydrogen-bond donors (Lipinski definition) is 0. The van der Waals surface area contributed by atoms with Gasteiger partial charge in [-0.3, -0.25) is 0 Å². The quantitative estimate of drug-likeness (QED) is 0.212. The summed E-state index contributed by atoms with van der Waals surface area (Å²) < 4.78 is 6.28. The van der Waals surface area contributed by atoms with Gasteiger partial charge in [0.1, 0.15) is 16.8 Å². The van der Waals surface area contributed by atoms with E-state index in [1.54, 1.807) is 0 Å². The minimum absolute atomic E-state index is 0.577. The Bertz CT molecular complexity index is 2170. The third kappa shape index (κ3) is 4.61. The molecule has 0 aliphatic rings. The molecule has 0 amide bonds. The largest absolute Gasteiger partial charge is 0.452 e. The Balaban J connectivity index is 1.31.